The Morgan fingerprint density at radius 3 is 2.61 bits per heavy atom. The van der Waals surface area contributed by atoms with Crippen molar-refractivity contribution in [3.8, 4) is 5.88 Å². The normalized spacial score (nSPS) is 18.0. The van der Waals surface area contributed by atoms with Crippen molar-refractivity contribution in [2.24, 2.45) is 0 Å². The summed E-state index contributed by atoms with van der Waals surface area (Å²) in [4.78, 5) is 7.27. The Kier molecular flexibility index (Phi) is 5.04. The van der Waals surface area contributed by atoms with Crippen LogP contribution >= 0.6 is 22.9 Å². The Balaban J connectivity index is 1.75. The summed E-state index contributed by atoms with van der Waals surface area (Å²) in [6, 6.07) is 3.99. The van der Waals surface area contributed by atoms with E-state index in [2.05, 4.69) is 10.1 Å². The predicted molar refractivity (Wildman–Crippen MR) is 104 cm³/mol. The first kappa shape index (κ1) is 19.5. The minimum atomic E-state index is -3.27. The van der Waals surface area contributed by atoms with Gasteiger partial charge in [0.1, 0.15) is 12.1 Å². The average molecular weight is 446 g/mol. The van der Waals surface area contributed by atoms with Crippen LogP contribution in [0, 0.1) is 5.82 Å². The number of piperazine rings is 1. The molecular formula is C16H17ClFN5O3S2. The van der Waals surface area contributed by atoms with Gasteiger partial charge in [-0.1, -0.05) is 29.0 Å². The molecular weight excluding hydrogens is 429 g/mol. The van der Waals surface area contributed by atoms with Crippen LogP contribution in [0.5, 0.6) is 5.88 Å². The van der Waals surface area contributed by atoms with E-state index in [0.29, 0.717) is 41.6 Å². The van der Waals surface area contributed by atoms with Crippen molar-refractivity contribution in [1.29, 1.82) is 0 Å². The van der Waals surface area contributed by atoms with Gasteiger partial charge in [-0.2, -0.15) is 13.9 Å². The summed E-state index contributed by atoms with van der Waals surface area (Å²) in [5.74, 6) is -0.577. The summed E-state index contributed by atoms with van der Waals surface area (Å²) in [6.45, 7) is 1.54. The molecule has 28 heavy (non-hydrogen) atoms. The molecule has 150 valence electrons. The largest absolute Gasteiger partial charge is 0.492 e. The van der Waals surface area contributed by atoms with E-state index in [1.54, 1.807) is 6.07 Å². The lowest BCUT2D eigenvalue weighted by Gasteiger charge is -2.38. The van der Waals surface area contributed by atoms with E-state index in [1.807, 2.05) is 4.90 Å². The van der Waals surface area contributed by atoms with Crippen molar-refractivity contribution in [2.75, 3.05) is 32.4 Å². The van der Waals surface area contributed by atoms with Crippen LogP contribution in [-0.4, -0.2) is 69.8 Å². The van der Waals surface area contributed by atoms with Crippen molar-refractivity contribution in [3.63, 3.8) is 0 Å². The number of fused-ring (bicyclic) bond motifs is 1. The molecule has 1 unspecified atom stereocenters. The number of sulfonamides is 1. The maximum Gasteiger partial charge on any atom is 0.230 e. The molecule has 0 bridgehead atoms. The average Bonchev–Trinajstić information content (AvgIpc) is 3.22. The summed E-state index contributed by atoms with van der Waals surface area (Å²) in [6.07, 6.45) is 2.54. The van der Waals surface area contributed by atoms with Crippen LogP contribution in [0.25, 0.3) is 4.96 Å². The molecule has 0 aliphatic carbocycles. The van der Waals surface area contributed by atoms with E-state index < -0.39 is 21.9 Å². The highest BCUT2D eigenvalue weighted by Crippen LogP contribution is 2.40. The number of halogens is 2. The molecule has 8 nitrogen and oxygen atoms in total. The van der Waals surface area contributed by atoms with E-state index in [1.165, 1.54) is 44.9 Å². The summed E-state index contributed by atoms with van der Waals surface area (Å²) in [7, 11) is -3.27. The van der Waals surface area contributed by atoms with Gasteiger partial charge in [-0.25, -0.2) is 17.8 Å². The number of aromatic hydroxyl groups is 1. The Hall–Kier alpha value is -1.79. The molecule has 2 aromatic heterocycles. The third-order valence-corrected chi connectivity index (χ3v) is 7.43. The minimum Gasteiger partial charge on any atom is -0.492 e. The molecule has 0 amide bonds. The first-order chi connectivity index (χ1) is 13.3. The van der Waals surface area contributed by atoms with E-state index >= 15 is 0 Å². The van der Waals surface area contributed by atoms with Gasteiger partial charge in [0.05, 0.1) is 22.2 Å². The third kappa shape index (κ3) is 3.48. The van der Waals surface area contributed by atoms with Crippen LogP contribution in [0.2, 0.25) is 5.02 Å². The van der Waals surface area contributed by atoms with Gasteiger partial charge >= 0.3 is 0 Å². The molecule has 1 aliphatic rings. The molecule has 3 heterocycles. The van der Waals surface area contributed by atoms with Crippen LogP contribution in [0.3, 0.4) is 0 Å². The van der Waals surface area contributed by atoms with Crippen LogP contribution < -0.4 is 0 Å². The van der Waals surface area contributed by atoms with Crippen molar-refractivity contribution in [3.05, 3.63) is 45.8 Å². The monoisotopic (exact) mass is 445 g/mol. The Bertz CT molecular complexity index is 1120. The summed E-state index contributed by atoms with van der Waals surface area (Å²) in [5, 5.41) is 14.7. The summed E-state index contributed by atoms with van der Waals surface area (Å²) < 4.78 is 40.1. The topological polar surface area (TPSA) is 91.0 Å². The lowest BCUT2D eigenvalue weighted by molar-refractivity contribution is 0.156. The molecule has 0 saturated carbocycles. The zero-order chi connectivity index (χ0) is 20.1. The Labute approximate surface area is 169 Å². The van der Waals surface area contributed by atoms with Gasteiger partial charge < -0.3 is 5.11 Å². The fraction of sp³-hybridized carbons (Fsp3) is 0.375. The SMILES string of the molecule is CS(=O)(=O)N1CCN(C(c2ccc(F)c(Cl)c2)c2sc3ncnn3c2O)CC1. The van der Waals surface area contributed by atoms with Gasteiger partial charge in [-0.3, -0.25) is 4.90 Å². The lowest BCUT2D eigenvalue weighted by Crippen LogP contribution is -2.49. The number of aromatic nitrogens is 3. The number of rotatable bonds is 4. The van der Waals surface area contributed by atoms with Crippen molar-refractivity contribution < 1.29 is 17.9 Å². The zero-order valence-electron chi connectivity index (χ0n) is 14.8. The number of hydrogen-bond donors (Lipinski definition) is 1. The summed E-state index contributed by atoms with van der Waals surface area (Å²) in [5.41, 5.74) is 0.694. The maximum atomic E-state index is 13.7. The fourth-order valence-electron chi connectivity index (χ4n) is 3.38. The second-order valence-corrected chi connectivity index (χ2v) is 9.92. The number of thiazole rings is 1. The molecule has 3 aromatic rings. The number of nitrogens with zero attached hydrogens (tertiary/aromatic N) is 5. The summed E-state index contributed by atoms with van der Waals surface area (Å²) >= 11 is 7.27. The molecule has 0 spiro atoms. The molecule has 12 heteroatoms. The lowest BCUT2D eigenvalue weighted by atomic mass is 10.0. The van der Waals surface area contributed by atoms with Gasteiger partial charge in [-0.05, 0) is 17.7 Å². The van der Waals surface area contributed by atoms with E-state index in [4.69, 9.17) is 11.6 Å². The molecule has 1 saturated heterocycles. The van der Waals surface area contributed by atoms with E-state index in [0.717, 1.165) is 0 Å². The molecule has 1 N–H and O–H groups in total. The standard InChI is InChI=1S/C16H17ClFN5O3S2/c1-28(25,26)22-6-4-21(5-7-22)13(10-2-3-12(18)11(17)8-10)14-15(24)23-16(27-14)19-9-20-23/h2-3,8-9,13,24H,4-7H2,1H3. The van der Waals surface area contributed by atoms with Crippen LogP contribution in [0.15, 0.2) is 24.5 Å². The number of benzene rings is 1. The van der Waals surface area contributed by atoms with E-state index in [9.17, 15) is 17.9 Å². The smallest absolute Gasteiger partial charge is 0.230 e. The molecule has 0 radical (unpaired) electrons. The van der Waals surface area contributed by atoms with Crippen molar-refractivity contribution in [1.82, 2.24) is 23.8 Å². The van der Waals surface area contributed by atoms with Gasteiger partial charge in [0.15, 0.2) is 0 Å². The van der Waals surface area contributed by atoms with Crippen molar-refractivity contribution in [2.45, 2.75) is 6.04 Å². The predicted octanol–water partition coefficient (Wildman–Crippen LogP) is 1.96. The second kappa shape index (κ2) is 7.23. The molecule has 4 rings (SSSR count). The third-order valence-electron chi connectivity index (χ3n) is 4.75. The van der Waals surface area contributed by atoms with Crippen LogP contribution in [-0.2, 0) is 10.0 Å². The van der Waals surface area contributed by atoms with Crippen LogP contribution in [0.1, 0.15) is 16.5 Å². The zero-order valence-corrected chi connectivity index (χ0v) is 17.2. The number of hydrogen-bond acceptors (Lipinski definition) is 7. The van der Waals surface area contributed by atoms with Gasteiger partial charge in [0.25, 0.3) is 0 Å². The highest BCUT2D eigenvalue weighted by Gasteiger charge is 2.33. The fourth-order valence-corrected chi connectivity index (χ4v) is 5.48. The first-order valence-electron chi connectivity index (χ1n) is 8.41. The maximum absolute atomic E-state index is 13.7. The molecule has 1 fully saturated rings. The minimum absolute atomic E-state index is 0.0174. The Morgan fingerprint density at radius 2 is 2.00 bits per heavy atom. The van der Waals surface area contributed by atoms with Gasteiger partial charge in [0.2, 0.25) is 20.9 Å². The van der Waals surface area contributed by atoms with Crippen molar-refractivity contribution >= 4 is 37.9 Å². The highest BCUT2D eigenvalue weighted by molar-refractivity contribution is 7.88. The quantitative estimate of drug-likeness (QED) is 0.660. The Morgan fingerprint density at radius 1 is 1.29 bits per heavy atom. The molecule has 1 atom stereocenters. The second-order valence-electron chi connectivity index (χ2n) is 6.52. The molecule has 1 aliphatic heterocycles. The first-order valence-corrected chi connectivity index (χ1v) is 11.5. The van der Waals surface area contributed by atoms with Crippen LogP contribution in [0.4, 0.5) is 4.39 Å². The highest BCUT2D eigenvalue weighted by atomic mass is 35.5. The van der Waals surface area contributed by atoms with Gasteiger partial charge in [-0.15, -0.1) is 0 Å². The van der Waals surface area contributed by atoms with E-state index in [-0.39, 0.29) is 10.9 Å². The van der Waals surface area contributed by atoms with Gasteiger partial charge in [0, 0.05) is 26.2 Å². The molecule has 1 aromatic carbocycles.